The third kappa shape index (κ3) is 3.32. The van der Waals surface area contributed by atoms with Crippen LogP contribution in [0.1, 0.15) is 16.1 Å². The van der Waals surface area contributed by atoms with Crippen LogP contribution in [-0.2, 0) is 15.4 Å². The molecule has 0 bridgehead atoms. The molecule has 1 atom stereocenters. The molecule has 5 nitrogen and oxygen atoms in total. The van der Waals surface area contributed by atoms with Crippen molar-refractivity contribution in [1.82, 2.24) is 4.98 Å². The smallest absolute Gasteiger partial charge is 0.275 e. The molecular formula is C14H12ClFN2O3S. The van der Waals surface area contributed by atoms with Gasteiger partial charge in [-0.1, -0.05) is 23.7 Å². The third-order valence-electron chi connectivity index (χ3n) is 2.77. The van der Waals surface area contributed by atoms with Gasteiger partial charge >= 0.3 is 0 Å². The minimum Gasteiger partial charge on any atom is -0.277 e. The van der Waals surface area contributed by atoms with Crippen molar-refractivity contribution in [3.63, 3.8) is 0 Å². The summed E-state index contributed by atoms with van der Waals surface area (Å²) >= 11 is 3.85. The molecule has 0 spiro atoms. The fourth-order valence-electron chi connectivity index (χ4n) is 1.76. The molecule has 22 heavy (non-hydrogen) atoms. The zero-order valence-corrected chi connectivity index (χ0v) is 13.3. The number of carbonyl (C=O) groups is 1. The Labute approximate surface area is 134 Å². The number of halogens is 2. The summed E-state index contributed by atoms with van der Waals surface area (Å²) in [5, 5.41) is 0.0979. The predicted molar refractivity (Wildman–Crippen MR) is 82.3 cm³/mol. The summed E-state index contributed by atoms with van der Waals surface area (Å²) in [6, 6.07) is 6.86. The predicted octanol–water partition coefficient (Wildman–Crippen LogP) is 3.05. The van der Waals surface area contributed by atoms with Gasteiger partial charge in [0.15, 0.2) is 0 Å². The van der Waals surface area contributed by atoms with Gasteiger partial charge in [-0.2, -0.15) is 4.31 Å². The van der Waals surface area contributed by atoms with E-state index in [0.29, 0.717) is 5.69 Å². The number of carbonyl (C=O) groups excluding carboxylic acids is 1. The number of hydrogen-bond acceptors (Lipinski definition) is 4. The number of benzene rings is 1. The number of nitrogens with zero attached hydrogens (tertiary/aromatic N) is 2. The molecule has 0 saturated heterocycles. The molecule has 1 heterocycles. The van der Waals surface area contributed by atoms with E-state index in [4.69, 9.17) is 15.8 Å². The number of aryl methyl sites for hydroxylation is 1. The molecule has 0 radical (unpaired) electrons. The Kier molecular flexibility index (Phi) is 5.23. The Balaban J connectivity index is 2.56. The van der Waals surface area contributed by atoms with Crippen LogP contribution in [-0.4, -0.2) is 22.2 Å². The van der Waals surface area contributed by atoms with Crippen LogP contribution in [0.4, 0.5) is 10.1 Å². The monoisotopic (exact) mass is 342 g/mol. The van der Waals surface area contributed by atoms with Crippen LogP contribution in [0.15, 0.2) is 36.5 Å². The second-order valence-corrected chi connectivity index (χ2v) is 5.78. The quantitative estimate of drug-likeness (QED) is 0.856. The molecule has 0 N–H and O–H groups in total. The average molecular weight is 343 g/mol. The lowest BCUT2D eigenvalue weighted by Crippen LogP contribution is -2.34. The number of amides is 1. The van der Waals surface area contributed by atoms with Crippen molar-refractivity contribution >= 4 is 34.5 Å². The van der Waals surface area contributed by atoms with Crippen molar-refractivity contribution in [3.8, 4) is 0 Å². The second-order valence-electron chi connectivity index (χ2n) is 4.24. The SMILES string of the molecule is COS(=O)N(C(=O)c1ccccc1F)c1cc(C)ncc1Cl. The van der Waals surface area contributed by atoms with E-state index in [0.717, 1.165) is 10.4 Å². The molecule has 2 rings (SSSR count). The summed E-state index contributed by atoms with van der Waals surface area (Å²) in [5.74, 6) is -1.56. The zero-order valence-electron chi connectivity index (χ0n) is 11.7. The molecule has 0 aliphatic rings. The number of hydrogen-bond donors (Lipinski definition) is 0. The van der Waals surface area contributed by atoms with Gasteiger partial charge in [-0.15, -0.1) is 0 Å². The molecule has 8 heteroatoms. The first-order valence-corrected chi connectivity index (χ1v) is 7.54. The minimum atomic E-state index is -2.17. The second kappa shape index (κ2) is 6.95. The average Bonchev–Trinajstić information content (AvgIpc) is 2.51. The molecule has 0 fully saturated rings. The number of pyridine rings is 1. The summed E-state index contributed by atoms with van der Waals surface area (Å²) in [5.41, 5.74) is 0.444. The molecule has 0 saturated carbocycles. The van der Waals surface area contributed by atoms with Crippen LogP contribution in [0, 0.1) is 12.7 Å². The standard InChI is InChI=1S/C14H12ClFN2O3S/c1-9-7-13(11(15)8-17-9)18(22(20)21-2)14(19)10-5-3-4-6-12(10)16/h3-8H,1-2H3. The lowest BCUT2D eigenvalue weighted by molar-refractivity contribution is 0.100. The largest absolute Gasteiger partial charge is 0.277 e. The van der Waals surface area contributed by atoms with E-state index in [9.17, 15) is 13.4 Å². The first kappa shape index (κ1) is 16.5. The van der Waals surface area contributed by atoms with Gasteiger partial charge in [0, 0.05) is 11.9 Å². The van der Waals surface area contributed by atoms with Gasteiger partial charge < -0.3 is 0 Å². The van der Waals surface area contributed by atoms with Crippen LogP contribution in [0.5, 0.6) is 0 Å². The van der Waals surface area contributed by atoms with Gasteiger partial charge in [-0.25, -0.2) is 8.60 Å². The van der Waals surface area contributed by atoms with Gasteiger partial charge in [0.05, 0.1) is 23.4 Å². The van der Waals surface area contributed by atoms with Crippen LogP contribution in [0.2, 0.25) is 5.02 Å². The van der Waals surface area contributed by atoms with Crippen LogP contribution >= 0.6 is 11.6 Å². The Morgan fingerprint density at radius 1 is 1.41 bits per heavy atom. The molecule has 1 aromatic heterocycles. The fraction of sp³-hybridized carbons (Fsp3) is 0.143. The van der Waals surface area contributed by atoms with E-state index in [1.165, 1.54) is 37.6 Å². The molecule has 0 aliphatic heterocycles. The Morgan fingerprint density at radius 3 is 2.73 bits per heavy atom. The number of anilines is 1. The van der Waals surface area contributed by atoms with E-state index in [2.05, 4.69) is 4.98 Å². The Hall–Kier alpha value is -1.83. The molecule has 2 aromatic rings. The third-order valence-corrected chi connectivity index (χ3v) is 4.01. The molecule has 0 aliphatic carbocycles. The molecule has 1 unspecified atom stereocenters. The van der Waals surface area contributed by atoms with Crippen molar-refractivity contribution in [2.45, 2.75) is 6.92 Å². The van der Waals surface area contributed by atoms with Gasteiger partial charge in [0.25, 0.3) is 17.2 Å². The number of aromatic nitrogens is 1. The first-order chi connectivity index (χ1) is 10.5. The van der Waals surface area contributed by atoms with Crippen LogP contribution < -0.4 is 4.31 Å². The van der Waals surface area contributed by atoms with Gasteiger partial charge in [0.2, 0.25) is 0 Å². The summed E-state index contributed by atoms with van der Waals surface area (Å²) < 4.78 is 31.4. The Morgan fingerprint density at radius 2 is 2.09 bits per heavy atom. The Bertz CT molecular complexity index is 742. The molecule has 116 valence electrons. The van der Waals surface area contributed by atoms with Crippen molar-refractivity contribution in [2.75, 3.05) is 11.4 Å². The van der Waals surface area contributed by atoms with E-state index < -0.39 is 23.0 Å². The van der Waals surface area contributed by atoms with Crippen molar-refractivity contribution in [1.29, 1.82) is 0 Å². The number of rotatable bonds is 4. The highest BCUT2D eigenvalue weighted by Crippen LogP contribution is 2.29. The lowest BCUT2D eigenvalue weighted by atomic mass is 10.2. The first-order valence-electron chi connectivity index (χ1n) is 6.13. The van der Waals surface area contributed by atoms with Gasteiger partial charge in [-0.05, 0) is 25.1 Å². The lowest BCUT2D eigenvalue weighted by Gasteiger charge is -2.21. The van der Waals surface area contributed by atoms with Crippen LogP contribution in [0.25, 0.3) is 0 Å². The zero-order chi connectivity index (χ0) is 16.3. The highest BCUT2D eigenvalue weighted by atomic mass is 35.5. The summed E-state index contributed by atoms with van der Waals surface area (Å²) in [6.45, 7) is 1.68. The maximum atomic E-state index is 13.8. The minimum absolute atomic E-state index is 0.0979. The van der Waals surface area contributed by atoms with E-state index >= 15 is 0 Å². The molecule has 1 aromatic carbocycles. The summed E-state index contributed by atoms with van der Waals surface area (Å²) in [6.07, 6.45) is 1.32. The highest BCUT2D eigenvalue weighted by molar-refractivity contribution is 7.82. The van der Waals surface area contributed by atoms with Crippen LogP contribution in [0.3, 0.4) is 0 Å². The maximum absolute atomic E-state index is 13.8. The van der Waals surface area contributed by atoms with Crippen molar-refractivity contribution in [2.24, 2.45) is 0 Å². The summed E-state index contributed by atoms with van der Waals surface area (Å²) in [4.78, 5) is 16.5. The topological polar surface area (TPSA) is 59.5 Å². The van der Waals surface area contributed by atoms with Gasteiger partial charge in [-0.3, -0.25) is 14.0 Å². The normalized spacial score (nSPS) is 12.0. The van der Waals surface area contributed by atoms with E-state index in [-0.39, 0.29) is 16.3 Å². The van der Waals surface area contributed by atoms with E-state index in [1.807, 2.05) is 0 Å². The van der Waals surface area contributed by atoms with E-state index in [1.54, 1.807) is 6.92 Å². The van der Waals surface area contributed by atoms with Crippen molar-refractivity contribution in [3.05, 3.63) is 58.6 Å². The highest BCUT2D eigenvalue weighted by Gasteiger charge is 2.28. The van der Waals surface area contributed by atoms with Gasteiger partial charge in [0.1, 0.15) is 5.82 Å². The fourth-order valence-corrected chi connectivity index (χ4v) is 2.69. The summed E-state index contributed by atoms with van der Waals surface area (Å²) in [7, 11) is 1.17. The maximum Gasteiger partial charge on any atom is 0.275 e. The molecule has 1 amide bonds. The molecular weight excluding hydrogens is 331 g/mol. The van der Waals surface area contributed by atoms with Crippen molar-refractivity contribution < 1.29 is 17.6 Å².